The van der Waals surface area contributed by atoms with E-state index in [9.17, 15) is 14.9 Å². The van der Waals surface area contributed by atoms with E-state index in [-0.39, 0.29) is 18.0 Å². The van der Waals surface area contributed by atoms with Gasteiger partial charge in [0.1, 0.15) is 5.69 Å². The Morgan fingerprint density at radius 2 is 2.08 bits per heavy atom. The van der Waals surface area contributed by atoms with Gasteiger partial charge >= 0.3 is 5.97 Å². The highest BCUT2D eigenvalue weighted by molar-refractivity contribution is 6.31. The Labute approximate surface area is 142 Å². The van der Waals surface area contributed by atoms with Crippen molar-refractivity contribution in [3.05, 3.63) is 63.3 Å². The van der Waals surface area contributed by atoms with Gasteiger partial charge in [-0.2, -0.15) is 0 Å². The molecule has 0 amide bonds. The minimum atomic E-state index is -0.522. The second-order valence-corrected chi connectivity index (χ2v) is 5.53. The van der Waals surface area contributed by atoms with Gasteiger partial charge in [-0.3, -0.25) is 10.1 Å². The molecule has 0 saturated heterocycles. The number of H-pyrrole nitrogens is 1. The molecular formula is C17H13ClN2O4. The largest absolute Gasteiger partial charge is 0.461 e. The average Bonchev–Trinajstić information content (AvgIpc) is 2.93. The number of non-ortho nitro benzene ring substituents is 1. The topological polar surface area (TPSA) is 85.2 Å². The molecule has 1 aromatic heterocycles. The number of carbonyl (C=O) groups is 1. The number of benzene rings is 2. The van der Waals surface area contributed by atoms with Gasteiger partial charge in [0, 0.05) is 33.6 Å². The van der Waals surface area contributed by atoms with Crippen LogP contribution in [0.4, 0.5) is 5.69 Å². The summed E-state index contributed by atoms with van der Waals surface area (Å²) < 4.78 is 5.09. The second kappa shape index (κ2) is 6.33. The Morgan fingerprint density at radius 3 is 2.75 bits per heavy atom. The van der Waals surface area contributed by atoms with Crippen molar-refractivity contribution in [3.8, 4) is 11.1 Å². The fourth-order valence-electron chi connectivity index (χ4n) is 2.59. The third-order valence-electron chi connectivity index (χ3n) is 3.59. The SMILES string of the molecule is CCOC(=O)c1[nH]c2ccc([N+](=O)[O-])cc2c1-c1cccc(Cl)c1. The summed E-state index contributed by atoms with van der Waals surface area (Å²) in [5.41, 5.74) is 2.01. The summed E-state index contributed by atoms with van der Waals surface area (Å²) in [5, 5.41) is 12.1. The third-order valence-corrected chi connectivity index (χ3v) is 3.82. The van der Waals surface area contributed by atoms with Gasteiger partial charge in [-0.25, -0.2) is 4.79 Å². The number of nitrogens with one attached hydrogen (secondary N) is 1. The van der Waals surface area contributed by atoms with Crippen LogP contribution in [0.5, 0.6) is 0 Å². The number of rotatable bonds is 4. The molecule has 6 nitrogen and oxygen atoms in total. The standard InChI is InChI=1S/C17H13ClN2O4/c1-2-24-17(21)16-15(10-4-3-5-11(18)8-10)13-9-12(20(22)23)6-7-14(13)19-16/h3-9,19H,2H2,1H3. The number of fused-ring (bicyclic) bond motifs is 1. The highest BCUT2D eigenvalue weighted by Gasteiger charge is 2.22. The molecule has 0 saturated carbocycles. The monoisotopic (exact) mass is 344 g/mol. The van der Waals surface area contributed by atoms with Crippen molar-refractivity contribution in [1.29, 1.82) is 0 Å². The normalized spacial score (nSPS) is 10.8. The van der Waals surface area contributed by atoms with Crippen molar-refractivity contribution in [2.45, 2.75) is 6.92 Å². The van der Waals surface area contributed by atoms with Crippen LogP contribution in [0.25, 0.3) is 22.0 Å². The molecule has 0 aliphatic rings. The molecular weight excluding hydrogens is 332 g/mol. The number of aromatic amines is 1. The van der Waals surface area contributed by atoms with Crippen LogP contribution in [0.1, 0.15) is 17.4 Å². The smallest absolute Gasteiger partial charge is 0.355 e. The molecule has 0 aliphatic heterocycles. The minimum absolute atomic E-state index is 0.0554. The van der Waals surface area contributed by atoms with Gasteiger partial charge in [-0.05, 0) is 30.7 Å². The molecule has 3 rings (SSSR count). The number of nitro benzene ring substituents is 1. The van der Waals surface area contributed by atoms with Crippen LogP contribution in [-0.2, 0) is 4.74 Å². The average molecular weight is 345 g/mol. The molecule has 0 fully saturated rings. The molecule has 7 heteroatoms. The number of carbonyl (C=O) groups excluding carboxylic acids is 1. The van der Waals surface area contributed by atoms with Crippen molar-refractivity contribution in [3.63, 3.8) is 0 Å². The first kappa shape index (κ1) is 16.0. The maximum atomic E-state index is 12.3. The van der Waals surface area contributed by atoms with Crippen molar-refractivity contribution < 1.29 is 14.5 Å². The number of ether oxygens (including phenoxy) is 1. The lowest BCUT2D eigenvalue weighted by Crippen LogP contribution is -2.06. The highest BCUT2D eigenvalue weighted by atomic mass is 35.5. The lowest BCUT2D eigenvalue weighted by molar-refractivity contribution is -0.384. The molecule has 0 bridgehead atoms. The van der Waals surface area contributed by atoms with Gasteiger partial charge in [-0.1, -0.05) is 23.7 Å². The Morgan fingerprint density at radius 1 is 1.29 bits per heavy atom. The molecule has 0 unspecified atom stereocenters. The molecule has 3 aromatic rings. The van der Waals surface area contributed by atoms with E-state index in [0.29, 0.717) is 27.1 Å². The van der Waals surface area contributed by atoms with Gasteiger partial charge in [-0.15, -0.1) is 0 Å². The number of nitro groups is 1. The molecule has 122 valence electrons. The number of nitrogens with zero attached hydrogens (tertiary/aromatic N) is 1. The molecule has 0 spiro atoms. The van der Waals surface area contributed by atoms with Crippen LogP contribution in [0.2, 0.25) is 5.02 Å². The summed E-state index contributed by atoms with van der Waals surface area (Å²) >= 11 is 6.05. The fraction of sp³-hybridized carbons (Fsp3) is 0.118. The summed E-state index contributed by atoms with van der Waals surface area (Å²) in [4.78, 5) is 25.9. The third kappa shape index (κ3) is 2.83. The lowest BCUT2D eigenvalue weighted by Gasteiger charge is -2.05. The summed E-state index contributed by atoms with van der Waals surface area (Å²) in [6.45, 7) is 1.94. The first-order valence-electron chi connectivity index (χ1n) is 7.24. The van der Waals surface area contributed by atoms with E-state index in [2.05, 4.69) is 4.98 Å². The van der Waals surface area contributed by atoms with E-state index in [1.54, 1.807) is 37.3 Å². The highest BCUT2D eigenvalue weighted by Crippen LogP contribution is 2.35. The van der Waals surface area contributed by atoms with E-state index in [1.807, 2.05) is 0 Å². The van der Waals surface area contributed by atoms with Gasteiger partial charge in [0.2, 0.25) is 0 Å². The second-order valence-electron chi connectivity index (χ2n) is 5.09. The van der Waals surface area contributed by atoms with Crippen molar-refractivity contribution in [2.24, 2.45) is 0 Å². The number of halogens is 1. The van der Waals surface area contributed by atoms with E-state index in [1.165, 1.54) is 12.1 Å². The van der Waals surface area contributed by atoms with Crippen molar-refractivity contribution in [2.75, 3.05) is 6.61 Å². The Balaban J connectivity index is 2.32. The molecule has 0 radical (unpaired) electrons. The Kier molecular flexibility index (Phi) is 4.22. The number of hydrogen-bond donors (Lipinski definition) is 1. The molecule has 1 N–H and O–H groups in total. The van der Waals surface area contributed by atoms with Crippen LogP contribution in [0, 0.1) is 10.1 Å². The maximum absolute atomic E-state index is 12.3. The molecule has 24 heavy (non-hydrogen) atoms. The summed E-state index contributed by atoms with van der Waals surface area (Å²) in [6, 6.07) is 11.3. The molecule has 0 aliphatic carbocycles. The maximum Gasteiger partial charge on any atom is 0.355 e. The zero-order chi connectivity index (χ0) is 17.3. The quantitative estimate of drug-likeness (QED) is 0.426. The number of esters is 1. The zero-order valence-corrected chi connectivity index (χ0v) is 13.5. The number of hydrogen-bond acceptors (Lipinski definition) is 4. The van der Waals surface area contributed by atoms with Crippen LogP contribution < -0.4 is 0 Å². The van der Waals surface area contributed by atoms with Crippen LogP contribution in [-0.4, -0.2) is 22.5 Å². The first-order valence-corrected chi connectivity index (χ1v) is 7.62. The van der Waals surface area contributed by atoms with Gasteiger partial charge in [0.25, 0.3) is 5.69 Å². The molecule has 2 aromatic carbocycles. The van der Waals surface area contributed by atoms with Crippen LogP contribution in [0.15, 0.2) is 42.5 Å². The van der Waals surface area contributed by atoms with Gasteiger partial charge in [0.15, 0.2) is 0 Å². The Hall–Kier alpha value is -2.86. The fourth-order valence-corrected chi connectivity index (χ4v) is 2.78. The van der Waals surface area contributed by atoms with Gasteiger partial charge in [0.05, 0.1) is 11.5 Å². The summed E-state index contributed by atoms with van der Waals surface area (Å²) in [7, 11) is 0. The molecule has 1 heterocycles. The van der Waals surface area contributed by atoms with E-state index >= 15 is 0 Å². The number of aromatic nitrogens is 1. The van der Waals surface area contributed by atoms with Crippen LogP contribution >= 0.6 is 11.6 Å². The van der Waals surface area contributed by atoms with E-state index in [0.717, 1.165) is 0 Å². The minimum Gasteiger partial charge on any atom is -0.461 e. The Bertz CT molecular complexity index is 949. The summed E-state index contributed by atoms with van der Waals surface area (Å²) in [6.07, 6.45) is 0. The van der Waals surface area contributed by atoms with E-state index in [4.69, 9.17) is 16.3 Å². The van der Waals surface area contributed by atoms with E-state index < -0.39 is 10.9 Å². The zero-order valence-electron chi connectivity index (χ0n) is 12.7. The van der Waals surface area contributed by atoms with Crippen molar-refractivity contribution in [1.82, 2.24) is 4.98 Å². The van der Waals surface area contributed by atoms with Gasteiger partial charge < -0.3 is 9.72 Å². The predicted molar refractivity (Wildman–Crippen MR) is 91.4 cm³/mol. The first-order chi connectivity index (χ1) is 11.5. The lowest BCUT2D eigenvalue weighted by atomic mass is 10.0. The predicted octanol–water partition coefficient (Wildman–Crippen LogP) is 4.57. The van der Waals surface area contributed by atoms with Crippen molar-refractivity contribution >= 4 is 34.2 Å². The summed E-state index contributed by atoms with van der Waals surface area (Å²) in [5.74, 6) is -0.522. The van der Waals surface area contributed by atoms with Crippen LogP contribution in [0.3, 0.4) is 0 Å². The molecule has 0 atom stereocenters.